The molecule has 0 unspecified atom stereocenters. The fraction of sp³-hybridized carbons (Fsp3) is 0.0172. The molecular weight excluding hydrogens is 769 g/mol. The summed E-state index contributed by atoms with van der Waals surface area (Å²) in [4.78, 5) is 15.3. The Morgan fingerprint density at radius 2 is 0.952 bits per heavy atom. The van der Waals surface area contributed by atoms with Crippen LogP contribution in [0.1, 0.15) is 22.3 Å². The smallest absolute Gasteiger partial charge is 0.164 e. The molecule has 14 rings (SSSR count). The van der Waals surface area contributed by atoms with Gasteiger partial charge in [0.05, 0.1) is 16.4 Å². The molecule has 292 valence electrons. The Morgan fingerprint density at radius 1 is 0.381 bits per heavy atom. The third kappa shape index (κ3) is 4.63. The van der Waals surface area contributed by atoms with Gasteiger partial charge in [0.1, 0.15) is 11.2 Å². The molecule has 5 heteroatoms. The molecule has 9 aromatic carbocycles. The van der Waals surface area contributed by atoms with Crippen LogP contribution in [0.2, 0.25) is 0 Å². The lowest BCUT2D eigenvalue weighted by Gasteiger charge is -2.30. The van der Waals surface area contributed by atoms with Crippen LogP contribution in [0, 0.1) is 0 Å². The van der Waals surface area contributed by atoms with E-state index in [1.54, 1.807) is 0 Å². The van der Waals surface area contributed by atoms with Crippen molar-refractivity contribution in [2.45, 2.75) is 5.41 Å². The number of nitrogens with zero attached hydrogens (tertiary/aromatic N) is 4. The second kappa shape index (κ2) is 12.8. The number of para-hydroxylation sites is 1. The maximum atomic E-state index is 6.66. The highest BCUT2D eigenvalue weighted by molar-refractivity contribution is 6.18. The van der Waals surface area contributed by atoms with Crippen LogP contribution in [0.4, 0.5) is 0 Å². The SMILES string of the molecule is c1ccc(-c2nc(-c3ccccc3)nc(-c3cccc4oc5ccc(-n6c7ccccc7c7ccc8c(c76)-c6ccccc6C86c7ccccc7-c7ccccc76)cc5c34)n2)cc1. The van der Waals surface area contributed by atoms with Gasteiger partial charge < -0.3 is 8.98 Å². The zero-order chi connectivity index (χ0) is 41.2. The molecule has 3 heterocycles. The second-order valence-corrected chi connectivity index (χ2v) is 16.6. The summed E-state index contributed by atoms with van der Waals surface area (Å²) in [7, 11) is 0. The van der Waals surface area contributed by atoms with Crippen molar-refractivity contribution in [2.24, 2.45) is 0 Å². The summed E-state index contributed by atoms with van der Waals surface area (Å²) in [5.41, 5.74) is 17.7. The van der Waals surface area contributed by atoms with E-state index in [9.17, 15) is 0 Å². The molecule has 0 bridgehead atoms. The zero-order valence-electron chi connectivity index (χ0n) is 33.8. The van der Waals surface area contributed by atoms with Crippen molar-refractivity contribution in [3.8, 4) is 62.1 Å². The maximum absolute atomic E-state index is 6.66. The maximum Gasteiger partial charge on any atom is 0.164 e. The number of hydrogen-bond acceptors (Lipinski definition) is 4. The van der Waals surface area contributed by atoms with E-state index in [0.717, 1.165) is 49.8 Å². The number of rotatable bonds is 4. The molecule has 0 saturated heterocycles. The predicted octanol–water partition coefficient (Wildman–Crippen LogP) is 14.2. The first-order valence-electron chi connectivity index (χ1n) is 21.4. The minimum Gasteiger partial charge on any atom is -0.456 e. The van der Waals surface area contributed by atoms with Crippen LogP contribution in [0.5, 0.6) is 0 Å². The topological polar surface area (TPSA) is 56.7 Å². The number of furan rings is 1. The third-order valence-electron chi connectivity index (χ3n) is 13.5. The van der Waals surface area contributed by atoms with E-state index in [-0.39, 0.29) is 0 Å². The molecule has 5 nitrogen and oxygen atoms in total. The molecule has 2 aliphatic carbocycles. The van der Waals surface area contributed by atoms with Crippen LogP contribution in [0.25, 0.3) is 106 Å². The minimum atomic E-state index is -0.448. The van der Waals surface area contributed by atoms with Gasteiger partial charge in [-0.15, -0.1) is 0 Å². The van der Waals surface area contributed by atoms with Crippen molar-refractivity contribution in [2.75, 3.05) is 0 Å². The van der Waals surface area contributed by atoms with Gasteiger partial charge in [0.25, 0.3) is 0 Å². The van der Waals surface area contributed by atoms with Crippen molar-refractivity contribution in [1.29, 1.82) is 0 Å². The highest BCUT2D eigenvalue weighted by Crippen LogP contribution is 2.64. The van der Waals surface area contributed by atoms with Gasteiger partial charge >= 0.3 is 0 Å². The molecule has 63 heavy (non-hydrogen) atoms. The molecular formula is C58H34N4O. The van der Waals surface area contributed by atoms with E-state index >= 15 is 0 Å². The van der Waals surface area contributed by atoms with Gasteiger partial charge in [-0.05, 0) is 69.3 Å². The summed E-state index contributed by atoms with van der Waals surface area (Å²) in [6, 6.07) is 73.7. The normalized spacial score (nSPS) is 13.2. The van der Waals surface area contributed by atoms with Crippen LogP contribution < -0.4 is 0 Å². The standard InChI is InChI=1S/C58H34N4O/c1-3-16-35(17-4-1)55-59-56(36-18-5-2-6-19-36)61-57(60-55)43-24-15-29-51-52(43)44-34-37(30-33-50(44)63-51)62-49-28-14-10-22-40(49)41-31-32-48-53(54(41)62)42-23-9-13-27-47(42)58(48)45-25-11-7-20-38(45)39-21-8-12-26-46(39)58/h1-34H. The Balaban J connectivity index is 1.05. The first-order chi connectivity index (χ1) is 31.3. The van der Waals surface area contributed by atoms with E-state index < -0.39 is 5.41 Å². The zero-order valence-corrected chi connectivity index (χ0v) is 33.8. The Kier molecular flexibility index (Phi) is 6.97. The largest absolute Gasteiger partial charge is 0.456 e. The van der Waals surface area contributed by atoms with Gasteiger partial charge in [-0.2, -0.15) is 0 Å². The lowest BCUT2D eigenvalue weighted by molar-refractivity contribution is 0.669. The number of hydrogen-bond donors (Lipinski definition) is 0. The second-order valence-electron chi connectivity index (χ2n) is 16.6. The molecule has 1 spiro atoms. The summed E-state index contributed by atoms with van der Waals surface area (Å²) in [5, 5.41) is 4.40. The van der Waals surface area contributed by atoms with Gasteiger partial charge in [0.15, 0.2) is 17.5 Å². The summed E-state index contributed by atoms with van der Waals surface area (Å²) in [5.74, 6) is 1.83. The summed E-state index contributed by atoms with van der Waals surface area (Å²) in [6.45, 7) is 0. The molecule has 0 atom stereocenters. The quantitative estimate of drug-likeness (QED) is 0.178. The van der Waals surface area contributed by atoms with Gasteiger partial charge in [0.2, 0.25) is 0 Å². The fourth-order valence-corrected chi connectivity index (χ4v) is 11.0. The van der Waals surface area contributed by atoms with Gasteiger partial charge in [0, 0.05) is 49.5 Å². The summed E-state index contributed by atoms with van der Waals surface area (Å²) >= 11 is 0. The molecule has 0 aliphatic heterocycles. The van der Waals surface area contributed by atoms with Crippen molar-refractivity contribution < 1.29 is 4.42 Å². The van der Waals surface area contributed by atoms with E-state index in [4.69, 9.17) is 19.4 Å². The lowest BCUT2D eigenvalue weighted by Crippen LogP contribution is -2.25. The first kappa shape index (κ1) is 34.3. The highest BCUT2D eigenvalue weighted by atomic mass is 16.3. The Bertz CT molecular complexity index is 3760. The van der Waals surface area contributed by atoms with Crippen LogP contribution in [0.3, 0.4) is 0 Å². The van der Waals surface area contributed by atoms with Crippen LogP contribution in [-0.2, 0) is 5.41 Å². The number of aromatic nitrogens is 4. The number of benzene rings is 9. The van der Waals surface area contributed by atoms with Crippen molar-refractivity contribution in [3.05, 3.63) is 229 Å². The predicted molar refractivity (Wildman–Crippen MR) is 254 cm³/mol. The lowest BCUT2D eigenvalue weighted by atomic mass is 9.70. The molecule has 3 aromatic heterocycles. The van der Waals surface area contributed by atoms with Gasteiger partial charge in [-0.25, -0.2) is 15.0 Å². The van der Waals surface area contributed by atoms with Crippen LogP contribution >= 0.6 is 0 Å². The average molecular weight is 803 g/mol. The van der Waals surface area contributed by atoms with E-state index in [1.165, 1.54) is 60.8 Å². The Hall–Kier alpha value is -8.41. The molecule has 0 saturated carbocycles. The van der Waals surface area contributed by atoms with Crippen LogP contribution in [0.15, 0.2) is 211 Å². The molecule has 0 N–H and O–H groups in total. The third-order valence-corrected chi connectivity index (χ3v) is 13.5. The Morgan fingerprint density at radius 3 is 1.65 bits per heavy atom. The fourth-order valence-electron chi connectivity index (χ4n) is 11.0. The average Bonchev–Trinajstić information content (AvgIpc) is 4.08. The van der Waals surface area contributed by atoms with Crippen molar-refractivity contribution in [3.63, 3.8) is 0 Å². The first-order valence-corrected chi connectivity index (χ1v) is 21.4. The summed E-state index contributed by atoms with van der Waals surface area (Å²) < 4.78 is 9.14. The molecule has 0 amide bonds. The van der Waals surface area contributed by atoms with Gasteiger partial charge in [-0.3, -0.25) is 0 Å². The van der Waals surface area contributed by atoms with Crippen LogP contribution in [-0.4, -0.2) is 19.5 Å². The molecule has 12 aromatic rings. The number of fused-ring (bicyclic) bond motifs is 17. The van der Waals surface area contributed by atoms with Crippen molar-refractivity contribution >= 4 is 43.7 Å². The molecule has 2 aliphatic rings. The molecule has 0 radical (unpaired) electrons. The monoisotopic (exact) mass is 802 g/mol. The van der Waals surface area contributed by atoms with E-state index in [2.05, 4.69) is 138 Å². The van der Waals surface area contributed by atoms with E-state index in [0.29, 0.717) is 17.5 Å². The van der Waals surface area contributed by atoms with Crippen molar-refractivity contribution in [1.82, 2.24) is 19.5 Å². The highest BCUT2D eigenvalue weighted by Gasteiger charge is 2.52. The summed E-state index contributed by atoms with van der Waals surface area (Å²) in [6.07, 6.45) is 0. The Labute approximate surface area is 362 Å². The minimum absolute atomic E-state index is 0.448. The van der Waals surface area contributed by atoms with E-state index in [1.807, 2.05) is 72.8 Å². The van der Waals surface area contributed by atoms with Gasteiger partial charge in [-0.1, -0.05) is 176 Å². The molecule has 0 fully saturated rings.